The van der Waals surface area contributed by atoms with Gasteiger partial charge in [0.1, 0.15) is 0 Å². The Kier molecular flexibility index (Phi) is 4.02. The zero-order chi connectivity index (χ0) is 8.97. The van der Waals surface area contributed by atoms with Crippen molar-refractivity contribution < 1.29 is 4.74 Å². The molecule has 1 fully saturated rings. The lowest BCUT2D eigenvalue weighted by Gasteiger charge is -2.16. The maximum atomic E-state index is 5.39. The highest BCUT2D eigenvalue weighted by Crippen LogP contribution is 2.33. The van der Waals surface area contributed by atoms with Crippen LogP contribution in [0.2, 0.25) is 0 Å². The van der Waals surface area contributed by atoms with Crippen molar-refractivity contribution in [2.75, 3.05) is 20.2 Å². The van der Waals surface area contributed by atoms with Crippen LogP contribution in [0.3, 0.4) is 0 Å². The van der Waals surface area contributed by atoms with Crippen molar-refractivity contribution in [3.8, 4) is 0 Å². The van der Waals surface area contributed by atoms with E-state index in [1.54, 1.807) is 0 Å². The molecule has 2 heteroatoms. The van der Waals surface area contributed by atoms with E-state index in [1.807, 2.05) is 7.11 Å². The van der Waals surface area contributed by atoms with Gasteiger partial charge in [0, 0.05) is 13.7 Å². The number of nitrogens with one attached hydrogen (secondary N) is 1. The molecule has 0 unspecified atom stereocenters. The van der Waals surface area contributed by atoms with E-state index in [2.05, 4.69) is 19.2 Å². The average Bonchev–Trinajstić information content (AvgIpc) is 2.80. The van der Waals surface area contributed by atoms with E-state index in [0.29, 0.717) is 6.10 Å². The first-order valence-corrected chi connectivity index (χ1v) is 4.97. The Morgan fingerprint density at radius 2 is 2.00 bits per heavy atom. The molecule has 1 aliphatic rings. The van der Waals surface area contributed by atoms with Crippen molar-refractivity contribution in [2.24, 2.45) is 11.8 Å². The van der Waals surface area contributed by atoms with Gasteiger partial charge in [0.15, 0.2) is 0 Å². The molecule has 0 aromatic rings. The summed E-state index contributed by atoms with van der Waals surface area (Å²) in [4.78, 5) is 0. The van der Waals surface area contributed by atoms with Crippen LogP contribution in [-0.4, -0.2) is 26.3 Å². The van der Waals surface area contributed by atoms with Gasteiger partial charge in [-0.25, -0.2) is 0 Å². The molecule has 0 amide bonds. The van der Waals surface area contributed by atoms with Gasteiger partial charge in [0.25, 0.3) is 0 Å². The predicted octanol–water partition coefficient (Wildman–Crippen LogP) is 1.66. The van der Waals surface area contributed by atoms with Crippen LogP contribution in [-0.2, 0) is 4.74 Å². The lowest BCUT2D eigenvalue weighted by atomic mass is 10.2. The van der Waals surface area contributed by atoms with Crippen LogP contribution in [0.4, 0.5) is 0 Å². The van der Waals surface area contributed by atoms with Gasteiger partial charge in [0.05, 0.1) is 6.10 Å². The molecule has 1 atom stereocenters. The topological polar surface area (TPSA) is 21.3 Å². The molecule has 72 valence electrons. The standard InChI is InChI=1S/C10H21NO/c1-8(2)6-11-7-10(12-3)9-4-5-9/h8-11H,4-7H2,1-3H3/t10-/m1/s1. The first kappa shape index (κ1) is 10.0. The first-order valence-electron chi connectivity index (χ1n) is 4.97. The molecule has 1 saturated carbocycles. The van der Waals surface area contributed by atoms with E-state index in [0.717, 1.165) is 24.9 Å². The SMILES string of the molecule is CO[C@H](CNCC(C)C)C1CC1. The second-order valence-corrected chi connectivity index (χ2v) is 4.16. The predicted molar refractivity (Wildman–Crippen MR) is 51.2 cm³/mol. The minimum absolute atomic E-state index is 0.462. The van der Waals surface area contributed by atoms with Crippen molar-refractivity contribution in [3.63, 3.8) is 0 Å². The largest absolute Gasteiger partial charge is 0.380 e. The van der Waals surface area contributed by atoms with Crippen molar-refractivity contribution in [3.05, 3.63) is 0 Å². The van der Waals surface area contributed by atoms with Gasteiger partial charge in [-0.3, -0.25) is 0 Å². The van der Waals surface area contributed by atoms with Crippen molar-refractivity contribution in [1.29, 1.82) is 0 Å². The molecule has 0 aromatic carbocycles. The van der Waals surface area contributed by atoms with Gasteiger partial charge >= 0.3 is 0 Å². The van der Waals surface area contributed by atoms with Crippen molar-refractivity contribution in [2.45, 2.75) is 32.8 Å². The van der Waals surface area contributed by atoms with E-state index >= 15 is 0 Å². The number of hydrogen-bond donors (Lipinski definition) is 1. The number of methoxy groups -OCH3 is 1. The van der Waals surface area contributed by atoms with E-state index in [9.17, 15) is 0 Å². The molecule has 1 rings (SSSR count). The van der Waals surface area contributed by atoms with Crippen LogP contribution in [0.25, 0.3) is 0 Å². The molecular formula is C10H21NO. The molecule has 1 N–H and O–H groups in total. The smallest absolute Gasteiger partial charge is 0.0723 e. The van der Waals surface area contributed by atoms with E-state index in [4.69, 9.17) is 4.74 Å². The second-order valence-electron chi connectivity index (χ2n) is 4.16. The average molecular weight is 171 g/mol. The van der Waals surface area contributed by atoms with Crippen LogP contribution >= 0.6 is 0 Å². The van der Waals surface area contributed by atoms with Gasteiger partial charge in [-0.1, -0.05) is 13.8 Å². The van der Waals surface area contributed by atoms with E-state index in [-0.39, 0.29) is 0 Å². The summed E-state index contributed by atoms with van der Waals surface area (Å²) in [5.74, 6) is 1.58. The third-order valence-electron chi connectivity index (χ3n) is 2.35. The monoisotopic (exact) mass is 171 g/mol. The summed E-state index contributed by atoms with van der Waals surface area (Å²) >= 11 is 0. The van der Waals surface area contributed by atoms with Crippen LogP contribution in [0.5, 0.6) is 0 Å². The summed E-state index contributed by atoms with van der Waals surface area (Å²) in [5.41, 5.74) is 0. The second kappa shape index (κ2) is 4.83. The zero-order valence-corrected chi connectivity index (χ0v) is 8.47. The summed E-state index contributed by atoms with van der Waals surface area (Å²) in [6, 6.07) is 0. The molecule has 0 aliphatic heterocycles. The Hall–Kier alpha value is -0.0800. The molecule has 12 heavy (non-hydrogen) atoms. The summed E-state index contributed by atoms with van der Waals surface area (Å²) < 4.78 is 5.39. The number of hydrogen-bond acceptors (Lipinski definition) is 2. The van der Waals surface area contributed by atoms with E-state index in [1.165, 1.54) is 12.8 Å². The Bertz CT molecular complexity index is 121. The van der Waals surface area contributed by atoms with E-state index < -0.39 is 0 Å². The Morgan fingerprint density at radius 3 is 2.42 bits per heavy atom. The molecule has 0 spiro atoms. The van der Waals surface area contributed by atoms with Crippen LogP contribution < -0.4 is 5.32 Å². The highest BCUT2D eigenvalue weighted by atomic mass is 16.5. The molecular weight excluding hydrogens is 150 g/mol. The molecule has 1 aliphatic carbocycles. The Balaban J connectivity index is 2.02. The minimum atomic E-state index is 0.462. The maximum absolute atomic E-state index is 5.39. The van der Waals surface area contributed by atoms with Crippen molar-refractivity contribution >= 4 is 0 Å². The number of ether oxygens (including phenoxy) is 1. The molecule has 0 heterocycles. The Labute approximate surface area is 75.7 Å². The van der Waals surface area contributed by atoms with Crippen LogP contribution in [0.15, 0.2) is 0 Å². The first-order chi connectivity index (χ1) is 5.74. The quantitative estimate of drug-likeness (QED) is 0.656. The summed E-state index contributed by atoms with van der Waals surface area (Å²) in [5, 5.41) is 3.43. The highest BCUT2D eigenvalue weighted by molar-refractivity contribution is 4.83. The molecule has 0 bridgehead atoms. The van der Waals surface area contributed by atoms with Crippen molar-refractivity contribution in [1.82, 2.24) is 5.32 Å². The molecule has 0 radical (unpaired) electrons. The lowest BCUT2D eigenvalue weighted by Crippen LogP contribution is -2.32. The lowest BCUT2D eigenvalue weighted by molar-refractivity contribution is 0.0834. The van der Waals surface area contributed by atoms with Gasteiger partial charge in [0.2, 0.25) is 0 Å². The summed E-state index contributed by atoms with van der Waals surface area (Å²) in [7, 11) is 1.82. The van der Waals surface area contributed by atoms with Crippen LogP contribution in [0.1, 0.15) is 26.7 Å². The Morgan fingerprint density at radius 1 is 1.33 bits per heavy atom. The molecule has 2 nitrogen and oxygen atoms in total. The van der Waals surface area contributed by atoms with Crippen LogP contribution in [0, 0.1) is 11.8 Å². The fourth-order valence-corrected chi connectivity index (χ4v) is 1.42. The normalized spacial score (nSPS) is 20.0. The van der Waals surface area contributed by atoms with Gasteiger partial charge < -0.3 is 10.1 Å². The summed E-state index contributed by atoms with van der Waals surface area (Å²) in [6.07, 6.45) is 3.19. The zero-order valence-electron chi connectivity index (χ0n) is 8.47. The van der Waals surface area contributed by atoms with Gasteiger partial charge in [-0.05, 0) is 31.2 Å². The third-order valence-corrected chi connectivity index (χ3v) is 2.35. The fraction of sp³-hybridized carbons (Fsp3) is 1.00. The third kappa shape index (κ3) is 3.55. The molecule has 0 aromatic heterocycles. The minimum Gasteiger partial charge on any atom is -0.380 e. The molecule has 0 saturated heterocycles. The highest BCUT2D eigenvalue weighted by Gasteiger charge is 2.30. The summed E-state index contributed by atoms with van der Waals surface area (Å²) in [6.45, 7) is 6.59. The number of rotatable bonds is 6. The van der Waals surface area contributed by atoms with Gasteiger partial charge in [-0.15, -0.1) is 0 Å². The fourth-order valence-electron chi connectivity index (χ4n) is 1.42. The van der Waals surface area contributed by atoms with Gasteiger partial charge in [-0.2, -0.15) is 0 Å². The maximum Gasteiger partial charge on any atom is 0.0723 e.